The Labute approximate surface area is 82.0 Å². The first-order valence-corrected chi connectivity index (χ1v) is 7.89. The Morgan fingerprint density at radius 1 is 1.46 bits per heavy atom. The molecular formula is C10H17NOSi. The summed E-state index contributed by atoms with van der Waals surface area (Å²) >= 11 is 0. The van der Waals surface area contributed by atoms with Crippen molar-refractivity contribution in [1.29, 1.82) is 5.26 Å². The van der Waals surface area contributed by atoms with Crippen LogP contribution in [0.15, 0.2) is 0 Å². The summed E-state index contributed by atoms with van der Waals surface area (Å²) in [5, 5.41) is 8.98. The van der Waals surface area contributed by atoms with Crippen molar-refractivity contribution in [3.05, 3.63) is 0 Å². The second-order valence-corrected chi connectivity index (χ2v) is 8.48. The Morgan fingerprint density at radius 3 is 2.23 bits per heavy atom. The number of terminal acetylenes is 1. The van der Waals surface area contributed by atoms with Crippen LogP contribution in [-0.2, 0) is 4.43 Å². The minimum absolute atomic E-state index is 0.615. The van der Waals surface area contributed by atoms with E-state index in [2.05, 4.69) is 12.0 Å². The molecule has 0 aromatic carbocycles. The van der Waals surface area contributed by atoms with Gasteiger partial charge in [0.15, 0.2) is 8.32 Å². The molecule has 0 fully saturated rings. The lowest BCUT2D eigenvalue weighted by Gasteiger charge is -2.29. The normalized spacial score (nSPS) is 15.5. The van der Waals surface area contributed by atoms with Gasteiger partial charge in [-0.25, -0.2) is 0 Å². The van der Waals surface area contributed by atoms with Crippen molar-refractivity contribution in [2.75, 3.05) is 0 Å². The topological polar surface area (TPSA) is 33.0 Å². The van der Waals surface area contributed by atoms with Crippen LogP contribution in [0, 0.1) is 23.7 Å². The lowest BCUT2D eigenvalue weighted by Crippen LogP contribution is -2.40. The van der Waals surface area contributed by atoms with Crippen LogP contribution >= 0.6 is 0 Å². The van der Waals surface area contributed by atoms with E-state index in [0.717, 1.165) is 6.42 Å². The first kappa shape index (κ1) is 12.2. The van der Waals surface area contributed by atoms with Crippen molar-refractivity contribution in [2.24, 2.45) is 0 Å². The van der Waals surface area contributed by atoms with Crippen LogP contribution in [0.5, 0.6) is 0 Å². The monoisotopic (exact) mass is 195 g/mol. The Bertz CT molecular complexity index is 227. The van der Waals surface area contributed by atoms with Crippen LogP contribution in [0.4, 0.5) is 0 Å². The molecule has 0 aliphatic heterocycles. The fourth-order valence-corrected chi connectivity index (χ4v) is 2.39. The molecular weight excluding hydrogens is 178 g/mol. The van der Waals surface area contributed by atoms with Crippen LogP contribution in [0.3, 0.4) is 0 Å². The van der Waals surface area contributed by atoms with E-state index < -0.39 is 13.9 Å². The number of nitriles is 1. The highest BCUT2D eigenvalue weighted by Gasteiger charge is 2.33. The van der Waals surface area contributed by atoms with Crippen LogP contribution in [0.1, 0.15) is 19.8 Å². The molecule has 0 rings (SSSR count). The van der Waals surface area contributed by atoms with Gasteiger partial charge in [-0.2, -0.15) is 5.26 Å². The van der Waals surface area contributed by atoms with E-state index in [1.165, 1.54) is 0 Å². The van der Waals surface area contributed by atoms with Gasteiger partial charge in [-0.15, -0.1) is 6.42 Å². The molecule has 1 unspecified atom stereocenters. The Balaban J connectivity index is 4.64. The summed E-state index contributed by atoms with van der Waals surface area (Å²) in [4.78, 5) is 0. The van der Waals surface area contributed by atoms with Crippen molar-refractivity contribution in [3.63, 3.8) is 0 Å². The zero-order valence-electron chi connectivity index (χ0n) is 8.85. The van der Waals surface area contributed by atoms with E-state index in [1.807, 2.05) is 26.6 Å². The quantitative estimate of drug-likeness (QED) is 0.510. The van der Waals surface area contributed by atoms with E-state index in [4.69, 9.17) is 16.1 Å². The van der Waals surface area contributed by atoms with Crippen molar-refractivity contribution < 1.29 is 4.43 Å². The molecule has 0 aromatic heterocycles. The maximum absolute atomic E-state index is 8.98. The molecule has 0 aliphatic rings. The van der Waals surface area contributed by atoms with E-state index in [9.17, 15) is 0 Å². The SMILES string of the molecule is C#CC(C#N)(CCC)O[Si](C)(C)C. The van der Waals surface area contributed by atoms with Crippen LogP contribution < -0.4 is 0 Å². The van der Waals surface area contributed by atoms with Gasteiger partial charge in [0.1, 0.15) is 6.07 Å². The zero-order valence-corrected chi connectivity index (χ0v) is 9.85. The number of hydrogen-bond acceptors (Lipinski definition) is 2. The highest BCUT2D eigenvalue weighted by molar-refractivity contribution is 6.69. The molecule has 3 heteroatoms. The van der Waals surface area contributed by atoms with E-state index in [-0.39, 0.29) is 0 Å². The fourth-order valence-electron chi connectivity index (χ4n) is 1.14. The van der Waals surface area contributed by atoms with Gasteiger partial charge >= 0.3 is 0 Å². The summed E-state index contributed by atoms with van der Waals surface area (Å²) in [7, 11) is -1.74. The lowest BCUT2D eigenvalue weighted by molar-refractivity contribution is 0.169. The average molecular weight is 195 g/mol. The molecule has 0 saturated heterocycles. The van der Waals surface area contributed by atoms with Gasteiger partial charge in [0.2, 0.25) is 5.60 Å². The van der Waals surface area contributed by atoms with Gasteiger partial charge in [-0.05, 0) is 19.6 Å². The van der Waals surface area contributed by atoms with Crippen LogP contribution in [0.25, 0.3) is 0 Å². The molecule has 0 heterocycles. The minimum Gasteiger partial charge on any atom is -0.391 e. The predicted molar refractivity (Wildman–Crippen MR) is 56.5 cm³/mol. The summed E-state index contributed by atoms with van der Waals surface area (Å²) in [6.45, 7) is 8.10. The summed E-state index contributed by atoms with van der Waals surface area (Å²) < 4.78 is 5.71. The van der Waals surface area contributed by atoms with Gasteiger partial charge in [-0.3, -0.25) is 0 Å². The van der Waals surface area contributed by atoms with Crippen molar-refractivity contribution in [2.45, 2.75) is 45.0 Å². The molecule has 0 N–H and O–H groups in total. The van der Waals surface area contributed by atoms with Crippen molar-refractivity contribution in [3.8, 4) is 18.4 Å². The standard InChI is InChI=1S/C10H17NOSi/c1-6-8-10(7-2,9-11)12-13(3,4)5/h2H,6,8H2,1,3-5H3. The van der Waals surface area contributed by atoms with E-state index in [1.54, 1.807) is 0 Å². The van der Waals surface area contributed by atoms with Crippen molar-refractivity contribution >= 4 is 8.32 Å². The maximum atomic E-state index is 8.98. The molecule has 13 heavy (non-hydrogen) atoms. The lowest BCUT2D eigenvalue weighted by atomic mass is 10.0. The third kappa shape index (κ3) is 4.12. The largest absolute Gasteiger partial charge is 0.391 e. The highest BCUT2D eigenvalue weighted by atomic mass is 28.4. The molecule has 0 bridgehead atoms. The van der Waals surface area contributed by atoms with Gasteiger partial charge in [0, 0.05) is 6.42 Å². The van der Waals surface area contributed by atoms with E-state index in [0.29, 0.717) is 6.42 Å². The number of nitrogens with zero attached hydrogens (tertiary/aromatic N) is 1. The first-order chi connectivity index (χ1) is 5.89. The third-order valence-corrected chi connectivity index (χ3v) is 2.46. The van der Waals surface area contributed by atoms with Gasteiger partial charge in [-0.1, -0.05) is 19.3 Å². The number of rotatable bonds is 4. The molecule has 0 aromatic rings. The fraction of sp³-hybridized carbons (Fsp3) is 0.700. The molecule has 0 saturated carbocycles. The number of hydrogen-bond donors (Lipinski definition) is 0. The maximum Gasteiger partial charge on any atom is 0.206 e. The van der Waals surface area contributed by atoms with E-state index >= 15 is 0 Å². The zero-order chi connectivity index (χ0) is 10.5. The highest BCUT2D eigenvalue weighted by Crippen LogP contribution is 2.21. The Kier molecular flexibility index (Phi) is 4.19. The van der Waals surface area contributed by atoms with Crippen LogP contribution in [-0.4, -0.2) is 13.9 Å². The molecule has 0 aliphatic carbocycles. The Hall–Kier alpha value is -0.773. The minimum atomic E-state index is -1.74. The van der Waals surface area contributed by atoms with Crippen molar-refractivity contribution in [1.82, 2.24) is 0 Å². The van der Waals surface area contributed by atoms with Gasteiger partial charge in [0.05, 0.1) is 0 Å². The van der Waals surface area contributed by atoms with Gasteiger partial charge in [0.25, 0.3) is 0 Å². The second kappa shape index (κ2) is 4.46. The van der Waals surface area contributed by atoms with Crippen LogP contribution in [0.2, 0.25) is 19.6 Å². The molecule has 0 spiro atoms. The summed E-state index contributed by atoms with van der Waals surface area (Å²) in [6, 6.07) is 2.10. The molecule has 72 valence electrons. The molecule has 0 amide bonds. The molecule has 1 atom stereocenters. The molecule has 0 radical (unpaired) electrons. The molecule has 2 nitrogen and oxygen atoms in total. The summed E-state index contributed by atoms with van der Waals surface area (Å²) in [5.41, 5.74) is -0.987. The third-order valence-electron chi connectivity index (χ3n) is 1.50. The van der Waals surface area contributed by atoms with Gasteiger partial charge < -0.3 is 4.43 Å². The Morgan fingerprint density at radius 2 is 2.00 bits per heavy atom. The first-order valence-electron chi connectivity index (χ1n) is 4.48. The second-order valence-electron chi connectivity index (χ2n) is 4.05. The smallest absolute Gasteiger partial charge is 0.206 e. The average Bonchev–Trinajstić information content (AvgIpc) is 2.01. The summed E-state index contributed by atoms with van der Waals surface area (Å²) in [6.07, 6.45) is 6.81. The predicted octanol–water partition coefficient (Wildman–Crippen LogP) is 2.53. The summed E-state index contributed by atoms with van der Waals surface area (Å²) in [5.74, 6) is 2.47.